The van der Waals surface area contributed by atoms with Gasteiger partial charge in [-0.1, -0.05) is 19.1 Å². The second-order valence-corrected chi connectivity index (χ2v) is 9.89. The van der Waals surface area contributed by atoms with Gasteiger partial charge in [-0.05, 0) is 55.5 Å². The van der Waals surface area contributed by atoms with Crippen LogP contribution in [0.25, 0.3) is 0 Å². The summed E-state index contributed by atoms with van der Waals surface area (Å²) in [6.45, 7) is 4.89. The van der Waals surface area contributed by atoms with Crippen LogP contribution in [-0.2, 0) is 27.8 Å². The molecule has 0 bridgehead atoms. The molecule has 4 rings (SSSR count). The predicted octanol–water partition coefficient (Wildman–Crippen LogP) is 3.29. The van der Waals surface area contributed by atoms with Crippen molar-refractivity contribution in [1.29, 1.82) is 0 Å². The highest BCUT2D eigenvalue weighted by Gasteiger charge is 2.35. The summed E-state index contributed by atoms with van der Waals surface area (Å²) in [6.07, 6.45) is 3.92. The van der Waals surface area contributed by atoms with Gasteiger partial charge in [0, 0.05) is 31.2 Å². The van der Waals surface area contributed by atoms with E-state index in [0.717, 1.165) is 29.7 Å². The molecule has 2 aliphatic rings. The number of hydrogen-bond donors (Lipinski definition) is 0. The van der Waals surface area contributed by atoms with Gasteiger partial charge in [-0.2, -0.15) is 4.31 Å². The normalized spacial score (nSPS) is 17.7. The minimum absolute atomic E-state index is 0.152. The molecule has 0 spiro atoms. The first kappa shape index (κ1) is 20.9. The van der Waals surface area contributed by atoms with Crippen molar-refractivity contribution in [3.05, 3.63) is 59.2 Å². The van der Waals surface area contributed by atoms with Crippen LogP contribution in [0.2, 0.25) is 0 Å². The lowest BCUT2D eigenvalue weighted by molar-refractivity contribution is -0.133. The Balaban J connectivity index is 1.57. The van der Waals surface area contributed by atoms with Crippen LogP contribution in [0.4, 0.5) is 4.39 Å². The Morgan fingerprint density at radius 3 is 2.63 bits per heavy atom. The number of halogens is 1. The number of carbonyl (C=O) groups is 1. The Morgan fingerprint density at radius 2 is 2.00 bits per heavy atom. The Labute approximate surface area is 176 Å². The van der Waals surface area contributed by atoms with Crippen LogP contribution in [0.3, 0.4) is 0 Å². The van der Waals surface area contributed by atoms with Crippen molar-refractivity contribution in [3.63, 3.8) is 0 Å². The van der Waals surface area contributed by atoms with Crippen molar-refractivity contribution in [1.82, 2.24) is 14.2 Å². The number of hydrogen-bond acceptors (Lipinski definition) is 4. The molecule has 0 N–H and O–H groups in total. The van der Waals surface area contributed by atoms with Gasteiger partial charge >= 0.3 is 0 Å². The van der Waals surface area contributed by atoms with Gasteiger partial charge in [-0.3, -0.25) is 9.78 Å². The van der Waals surface area contributed by atoms with Crippen LogP contribution in [0.1, 0.15) is 49.6 Å². The van der Waals surface area contributed by atoms with Gasteiger partial charge < -0.3 is 4.90 Å². The summed E-state index contributed by atoms with van der Waals surface area (Å²) < 4.78 is 41.3. The first-order valence-corrected chi connectivity index (χ1v) is 11.8. The molecule has 0 saturated heterocycles. The monoisotopic (exact) mass is 431 g/mol. The van der Waals surface area contributed by atoms with Gasteiger partial charge in [0.25, 0.3) is 0 Å². The summed E-state index contributed by atoms with van der Waals surface area (Å²) in [5.74, 6) is -0.00774. The molecule has 0 unspecified atom stereocenters. The third kappa shape index (κ3) is 3.98. The highest BCUT2D eigenvalue weighted by molar-refractivity contribution is 7.89. The van der Waals surface area contributed by atoms with Gasteiger partial charge in [0.05, 0.1) is 12.2 Å². The van der Waals surface area contributed by atoms with Crippen molar-refractivity contribution >= 4 is 15.9 Å². The Morgan fingerprint density at radius 1 is 1.30 bits per heavy atom. The minimum atomic E-state index is -3.78. The van der Waals surface area contributed by atoms with Crippen LogP contribution in [0, 0.1) is 11.7 Å². The fraction of sp³-hybridized carbons (Fsp3) is 0.455. The van der Waals surface area contributed by atoms with Gasteiger partial charge in [0.1, 0.15) is 10.7 Å². The number of rotatable bonds is 6. The van der Waals surface area contributed by atoms with Crippen molar-refractivity contribution in [3.8, 4) is 0 Å². The standard InChI is InChI=1S/C22H26FN3O3S/c1-3-26(15(2)16-6-8-19(23)9-7-16)30(28,29)20-12-18-10-11-25(14-21(18)24-13-20)22(27)17-4-5-17/h6-9,12-13,15,17H,3-5,10-11,14H2,1-2H3/t15-/m0/s1. The van der Waals surface area contributed by atoms with Gasteiger partial charge in [0.2, 0.25) is 15.9 Å². The second kappa shape index (κ2) is 8.07. The average molecular weight is 432 g/mol. The predicted molar refractivity (Wildman–Crippen MR) is 110 cm³/mol. The van der Waals surface area contributed by atoms with Crippen LogP contribution >= 0.6 is 0 Å². The maximum atomic E-state index is 13.3. The Kier molecular flexibility index (Phi) is 5.63. The van der Waals surface area contributed by atoms with E-state index in [1.54, 1.807) is 32.0 Å². The van der Waals surface area contributed by atoms with E-state index in [9.17, 15) is 17.6 Å². The average Bonchev–Trinajstić information content (AvgIpc) is 3.58. The molecular weight excluding hydrogens is 405 g/mol. The van der Waals surface area contributed by atoms with E-state index < -0.39 is 16.1 Å². The molecule has 30 heavy (non-hydrogen) atoms. The highest BCUT2D eigenvalue weighted by atomic mass is 32.2. The number of sulfonamides is 1. The molecular formula is C22H26FN3O3S. The fourth-order valence-electron chi connectivity index (χ4n) is 4.00. The zero-order valence-corrected chi connectivity index (χ0v) is 18.0. The topological polar surface area (TPSA) is 70.6 Å². The third-order valence-electron chi connectivity index (χ3n) is 5.97. The lowest BCUT2D eigenvalue weighted by atomic mass is 10.0. The van der Waals surface area contributed by atoms with E-state index in [1.165, 1.54) is 22.6 Å². The van der Waals surface area contributed by atoms with Crippen molar-refractivity contribution in [2.45, 2.75) is 50.6 Å². The van der Waals surface area contributed by atoms with E-state index in [2.05, 4.69) is 4.98 Å². The first-order valence-electron chi connectivity index (χ1n) is 10.3. The van der Waals surface area contributed by atoms with Gasteiger partial charge in [0.15, 0.2) is 0 Å². The summed E-state index contributed by atoms with van der Waals surface area (Å²) in [4.78, 5) is 18.7. The minimum Gasteiger partial charge on any atom is -0.336 e. The van der Waals surface area contributed by atoms with Crippen molar-refractivity contribution < 1.29 is 17.6 Å². The number of aromatic nitrogens is 1. The van der Waals surface area contributed by atoms with E-state index >= 15 is 0 Å². The molecule has 1 fully saturated rings. The number of pyridine rings is 1. The molecule has 1 aliphatic heterocycles. The van der Waals surface area contributed by atoms with Crippen LogP contribution < -0.4 is 0 Å². The zero-order valence-electron chi connectivity index (χ0n) is 17.2. The maximum Gasteiger partial charge on any atom is 0.245 e. The van der Waals surface area contributed by atoms with E-state index in [-0.39, 0.29) is 29.1 Å². The van der Waals surface area contributed by atoms with Crippen LogP contribution in [0.15, 0.2) is 41.4 Å². The Hall–Kier alpha value is -2.32. The SMILES string of the molecule is CCN([C@@H](C)c1ccc(F)cc1)S(=O)(=O)c1cnc2c(c1)CCN(C(=O)C1CC1)C2. The summed E-state index contributed by atoms with van der Waals surface area (Å²) in [5, 5.41) is 0. The smallest absolute Gasteiger partial charge is 0.245 e. The Bertz CT molecular complexity index is 1050. The largest absolute Gasteiger partial charge is 0.336 e. The van der Waals surface area contributed by atoms with Crippen molar-refractivity contribution in [2.24, 2.45) is 5.92 Å². The second-order valence-electron chi connectivity index (χ2n) is 8.00. The number of fused-ring (bicyclic) bond motifs is 1. The highest BCUT2D eigenvalue weighted by Crippen LogP contribution is 2.33. The number of carbonyl (C=O) groups excluding carboxylic acids is 1. The summed E-state index contributed by atoms with van der Waals surface area (Å²) in [7, 11) is -3.78. The van der Waals surface area contributed by atoms with Gasteiger partial charge in [-0.15, -0.1) is 0 Å². The molecule has 1 aliphatic carbocycles. The third-order valence-corrected chi connectivity index (χ3v) is 7.98. The lowest BCUT2D eigenvalue weighted by Crippen LogP contribution is -2.38. The maximum absolute atomic E-state index is 13.3. The number of amides is 1. The van der Waals surface area contributed by atoms with Crippen molar-refractivity contribution in [2.75, 3.05) is 13.1 Å². The molecule has 0 radical (unpaired) electrons. The zero-order chi connectivity index (χ0) is 21.5. The first-order chi connectivity index (χ1) is 14.3. The molecule has 1 aromatic heterocycles. The molecule has 1 saturated carbocycles. The number of benzene rings is 1. The molecule has 2 aromatic rings. The molecule has 1 aromatic carbocycles. The number of nitrogens with zero attached hydrogens (tertiary/aromatic N) is 3. The lowest BCUT2D eigenvalue weighted by Gasteiger charge is -2.30. The molecule has 8 heteroatoms. The van der Waals surface area contributed by atoms with E-state index in [4.69, 9.17) is 0 Å². The van der Waals surface area contributed by atoms with Crippen LogP contribution in [0.5, 0.6) is 0 Å². The molecule has 1 amide bonds. The molecule has 2 heterocycles. The van der Waals surface area contributed by atoms with E-state index in [0.29, 0.717) is 19.5 Å². The van der Waals surface area contributed by atoms with Gasteiger partial charge in [-0.25, -0.2) is 12.8 Å². The summed E-state index contributed by atoms with van der Waals surface area (Å²) in [5.41, 5.74) is 2.37. The molecule has 6 nitrogen and oxygen atoms in total. The summed E-state index contributed by atoms with van der Waals surface area (Å²) >= 11 is 0. The molecule has 160 valence electrons. The van der Waals surface area contributed by atoms with E-state index in [1.807, 2.05) is 4.90 Å². The van der Waals surface area contributed by atoms with Crippen LogP contribution in [-0.4, -0.2) is 41.6 Å². The molecule has 1 atom stereocenters. The quantitative estimate of drug-likeness (QED) is 0.704. The summed E-state index contributed by atoms with van der Waals surface area (Å²) in [6, 6.07) is 7.13. The fourth-order valence-corrected chi connectivity index (χ4v) is 5.63.